The van der Waals surface area contributed by atoms with Crippen LogP contribution in [0.1, 0.15) is 340 Å². The van der Waals surface area contributed by atoms with Crippen molar-refractivity contribution in [3.05, 3.63) is 93.0 Å². The number of piperidine rings is 4. The predicted octanol–water partition coefficient (Wildman–Crippen LogP) is 14.3. The van der Waals surface area contributed by atoms with Crippen molar-refractivity contribution < 1.29 is 186 Å². The van der Waals surface area contributed by atoms with Crippen LogP contribution in [0, 0.1) is 70.8 Å². The standard InChI is InChI=1S/4C24H38N2O4/c4*1-14(2)9-17-13-26-8-7-16-10-21(28-5)22(29-6)11-18(16)19(26)12-20(17)30-24(27)23(25)15(3)4/h4*10-11,14-15,17,19-20,23H,7-9,12-13,25H2,1-6H3/t4*17?,19?,20?,23-/m0000/s1/i3D3,4D3,5D3,7D2,8D2,12D2,13D2,15D,17D,19D,20D,23D;3D3,4D3,7D2,8D2,12D2,13D2,15D,17D,19D,20D,23D;3D3,4D3,5D3,7D2,8D2,12D2,13D2,15D,17D,19D,23D;3D3,4D3,7D2,8D2,12D2,13D2,15D,17D,19D,23D. The van der Waals surface area contributed by atoms with E-state index in [1.54, 1.807) is 0 Å². The Morgan fingerprint density at radius 3 is 0.825 bits per heavy atom. The quantitative estimate of drug-likeness (QED) is 0.0303. The second-order valence-electron chi connectivity index (χ2n) is 28.0. The lowest BCUT2D eigenvalue weighted by Crippen LogP contribution is -2.51. The summed E-state index contributed by atoms with van der Waals surface area (Å²) >= 11 is 0. The molecule has 8 N–H and O–H groups in total. The highest BCUT2D eigenvalue weighted by Crippen LogP contribution is 2.50. The number of aryl methyl sites for hydroxylation is 4. The number of rotatable bonds is 28. The van der Waals surface area contributed by atoms with Crippen molar-refractivity contribution in [1.29, 1.82) is 0 Å². The molecule has 8 aliphatic heterocycles. The zero-order chi connectivity index (χ0) is 158. The molecule has 0 aliphatic carbocycles. The molecule has 120 heavy (non-hydrogen) atoms. The molecule has 8 aliphatic rings. The number of ether oxygens (including phenoxy) is 12. The van der Waals surface area contributed by atoms with Crippen LogP contribution < -0.4 is 60.8 Å². The zero-order valence-corrected chi connectivity index (χ0v) is 67.5. The lowest BCUT2D eigenvalue weighted by atomic mass is 9.79. The first kappa shape index (κ1) is 35.0. The van der Waals surface area contributed by atoms with E-state index >= 15 is 0 Å². The van der Waals surface area contributed by atoms with Gasteiger partial charge in [-0.05, 0) is 191 Å². The van der Waals surface area contributed by atoms with Gasteiger partial charge in [-0.25, -0.2) is 0 Å². The fourth-order valence-electron chi connectivity index (χ4n) is 11.9. The van der Waals surface area contributed by atoms with Gasteiger partial charge in [0.25, 0.3) is 0 Å². The smallest absolute Gasteiger partial charge is 0.323 e. The van der Waals surface area contributed by atoms with E-state index in [1.165, 1.54) is 62.5 Å². The first-order chi connectivity index (χ1) is 87.6. The SMILES string of the molecule is [2H]C([2H])([2H])C([2H])(C([2H])([2H])[2H])[C@]([2H])(N)C(=O)OC1([2H])C([2H])([2H])C2([2H])c3cc(OC)c(OC)cc3C([2H])([2H])C([2H])([2H])N2C([2H])([2H])C1([2H])CC(C)C.[2H]C([2H])([2H])C([2H])(C([2H])([2H])[2H])[C@]([2H])(N)C(=O)OC1C([2H])([2H])C2([2H])c3cc(OC)c(OC)cc3C([2H])([2H])C([2H])([2H])N2C([2H])([2H])C1([2H])CC(C)C.[2H]C([2H])([2H])Oc1cc2c(cc1OC)C1([2H])N(C([2H])([2H])C2([2H])[2H])C([2H])([2H])C([2H])(CC(C)C)C(OC(=O)[C@@]([2H])(N)C([2H])(C([2H])([2H])[2H])C([2H])([2H])[2H])C1([2H])[2H].[2H]C([2H])([2H])Oc1cc2c(cc1OC)C1([2H])N(C([2H])([2H])C2([2H])[2H])C([2H])([2H])C([2H])(CC(C)C)C([2H])(OC(=O)[C@@]([2H])(N)C([2H])(C([2H])([2H])[2H])C([2H])([2H])[2H])C1([2H])[2H]. The van der Waals surface area contributed by atoms with Gasteiger partial charge in [-0.1, -0.05) is 110 Å². The van der Waals surface area contributed by atoms with Gasteiger partial charge in [-0.2, -0.15) is 0 Å². The van der Waals surface area contributed by atoms with Crippen LogP contribution in [0.4, 0.5) is 0 Å². The number of methoxy groups -OCH3 is 8. The molecule has 0 amide bonds. The third-order valence-corrected chi connectivity index (χ3v) is 17.5. The Hall–Kier alpha value is -7.16. The number of hydrogen-bond donors (Lipinski definition) is 4. The van der Waals surface area contributed by atoms with E-state index in [0.717, 1.165) is 59.8 Å². The van der Waals surface area contributed by atoms with E-state index in [2.05, 4.69) is 0 Å². The molecule has 12 rings (SSSR count). The number of nitrogens with zero attached hydrogens (tertiary/aromatic N) is 4. The molecule has 16 atom stereocenters. The van der Waals surface area contributed by atoms with Crippen LogP contribution in [0.5, 0.6) is 46.0 Å². The fraction of sp³-hybridized carbons (Fsp3) is 0.708. The molecule has 4 saturated heterocycles. The molecule has 12 unspecified atom stereocenters. The maximum atomic E-state index is 13.8. The van der Waals surface area contributed by atoms with Gasteiger partial charge in [-0.15, -0.1) is 0 Å². The molecule has 8 heterocycles. The van der Waals surface area contributed by atoms with Crippen LogP contribution in [0.2, 0.25) is 0 Å². The third kappa shape index (κ3) is 23.8. The molecule has 0 aromatic heterocycles. The van der Waals surface area contributed by atoms with Gasteiger partial charge in [0.2, 0.25) is 0 Å². The Morgan fingerprint density at radius 2 is 0.583 bits per heavy atom. The highest BCUT2D eigenvalue weighted by Gasteiger charge is 2.47. The molecule has 0 bridgehead atoms. The highest BCUT2D eigenvalue weighted by atomic mass is 16.6. The molecule has 0 saturated carbocycles. The van der Waals surface area contributed by atoms with Gasteiger partial charge >= 0.3 is 23.9 Å². The minimum atomic E-state index is -4.27. The van der Waals surface area contributed by atoms with Crippen LogP contribution in [0.3, 0.4) is 0 Å². The summed E-state index contributed by atoms with van der Waals surface area (Å²) in [7, 11) is 0.0648. The van der Waals surface area contributed by atoms with Gasteiger partial charge in [0.1, 0.15) is 48.4 Å². The summed E-state index contributed by atoms with van der Waals surface area (Å²) in [6.45, 7) is -51.4. The number of hydrogen-bond acceptors (Lipinski definition) is 24. The number of esters is 4. The molecule has 24 heteroatoms. The maximum Gasteiger partial charge on any atom is 0.323 e. The van der Waals surface area contributed by atoms with E-state index in [9.17, 15) is 54.8 Å². The summed E-state index contributed by atoms with van der Waals surface area (Å²) in [4.78, 5) is 54.3. The average Bonchev–Trinajstić information content (AvgIpc) is 0.630. The van der Waals surface area contributed by atoms with Crippen LogP contribution in [-0.2, 0) is 63.6 Å². The van der Waals surface area contributed by atoms with Gasteiger partial charge in [-0.3, -0.25) is 38.8 Å². The first-order valence-corrected chi connectivity index (χ1v) is 36.3. The van der Waals surface area contributed by atoms with Gasteiger partial charge in [0, 0.05) is 213 Å². The van der Waals surface area contributed by atoms with E-state index in [1.807, 2.05) is 0 Å². The Bertz CT molecular complexity index is 7790. The van der Waals surface area contributed by atoms with Crippen molar-refractivity contribution in [2.24, 2.45) is 93.8 Å². The summed E-state index contributed by atoms with van der Waals surface area (Å²) in [5.41, 5.74) is 15.7. The molecule has 0 radical (unpaired) electrons. The molecule has 0 spiro atoms. The van der Waals surface area contributed by atoms with E-state index in [-0.39, 0.29) is 42.6 Å². The molecule has 4 aromatic rings. The van der Waals surface area contributed by atoms with Crippen molar-refractivity contribution in [2.75, 3.05) is 109 Å². The maximum absolute atomic E-state index is 13.8. The normalized spacial score (nSPS) is 50.0. The minimum Gasteiger partial charge on any atom is -0.493 e. The molecule has 4 fully saturated rings. The fourth-order valence-corrected chi connectivity index (χ4v) is 11.9. The highest BCUT2D eigenvalue weighted by molar-refractivity contribution is 5.77. The number of nitrogens with two attached hydrogens (primary N) is 4. The minimum absolute atomic E-state index is 0.0863. The van der Waals surface area contributed by atoms with Crippen LogP contribution in [0.15, 0.2) is 48.5 Å². The Labute approximate surface area is 831 Å². The zero-order valence-electron chi connectivity index (χ0n) is 148. The Balaban J connectivity index is 0.000000289. The predicted molar refractivity (Wildman–Crippen MR) is 471 cm³/mol. The Kier molecular flexibility index (Phi) is 12.8. The second kappa shape index (κ2) is 43.9. The Morgan fingerprint density at radius 1 is 0.358 bits per heavy atom. The summed E-state index contributed by atoms with van der Waals surface area (Å²) in [6, 6.07) is -25.2. The third-order valence-electron chi connectivity index (χ3n) is 17.5. The van der Waals surface area contributed by atoms with Crippen LogP contribution in [-0.4, -0.2) is 201 Å². The van der Waals surface area contributed by atoms with Gasteiger partial charge in [0.05, 0.1) is 78.7 Å². The second-order valence-corrected chi connectivity index (χ2v) is 28.0. The van der Waals surface area contributed by atoms with Crippen LogP contribution in [0.25, 0.3) is 0 Å². The van der Waals surface area contributed by atoms with E-state index < -0.39 is 432 Å². The summed E-state index contributed by atoms with van der Waals surface area (Å²) in [6.07, 6.45) is -47.2. The van der Waals surface area contributed by atoms with Crippen molar-refractivity contribution in [1.82, 2.24) is 19.6 Å². The number of carbonyl (C=O) groups excluding carboxylic acids is 4. The van der Waals surface area contributed by atoms with Crippen LogP contribution >= 0.6 is 0 Å². The lowest BCUT2D eigenvalue weighted by Gasteiger charge is -2.47. The molecule has 672 valence electrons. The monoisotopic (exact) mass is 1750 g/mol. The van der Waals surface area contributed by atoms with Crippen molar-refractivity contribution in [2.45, 2.75) is 259 Å². The molecule has 24 nitrogen and oxygen atoms in total. The van der Waals surface area contributed by atoms with Gasteiger partial charge in [0.15, 0.2) is 46.0 Å². The lowest BCUT2D eigenvalue weighted by molar-refractivity contribution is -0.161. The molecule has 4 aromatic carbocycles. The molecular formula is C96H152N8O16. The summed E-state index contributed by atoms with van der Waals surface area (Å²) in [5, 5.41) is 0. The van der Waals surface area contributed by atoms with Gasteiger partial charge < -0.3 is 79.8 Å². The molecular weight excluding hydrogens is 1520 g/mol. The first-order valence-electron chi connectivity index (χ1n) is 76.3. The van der Waals surface area contributed by atoms with Crippen molar-refractivity contribution in [3.8, 4) is 46.0 Å². The van der Waals surface area contributed by atoms with E-state index in [4.69, 9.17) is 154 Å². The number of carbonyl (C=O) groups is 4. The number of fused-ring (bicyclic) bond motifs is 12. The van der Waals surface area contributed by atoms with Crippen molar-refractivity contribution >= 4 is 23.9 Å². The summed E-state index contributed by atoms with van der Waals surface area (Å²) < 4.78 is 742. The number of benzene rings is 4. The summed E-state index contributed by atoms with van der Waals surface area (Å²) in [5.74, 6) is -47.5. The average molecular weight is 1750 g/mol. The van der Waals surface area contributed by atoms with E-state index in [0.29, 0.717) is 24.3 Å². The topological polar surface area (TPSA) is 296 Å². The van der Waals surface area contributed by atoms with Crippen molar-refractivity contribution in [3.63, 3.8) is 0 Å². The largest absolute Gasteiger partial charge is 0.493 e.